The summed E-state index contributed by atoms with van der Waals surface area (Å²) in [6.45, 7) is 0.840. The SMILES string of the molecule is NCCOc1cccc(N2C(=O)C3CCCCC3C2=O)c1. The van der Waals surface area contributed by atoms with Crippen LogP contribution in [0.1, 0.15) is 25.7 Å². The molecule has 0 radical (unpaired) electrons. The Morgan fingerprint density at radius 3 is 2.43 bits per heavy atom. The van der Waals surface area contributed by atoms with Crippen molar-refractivity contribution in [3.63, 3.8) is 0 Å². The number of benzene rings is 1. The van der Waals surface area contributed by atoms with Gasteiger partial charge in [-0.3, -0.25) is 9.59 Å². The highest BCUT2D eigenvalue weighted by atomic mass is 16.5. The van der Waals surface area contributed by atoms with E-state index in [0.717, 1.165) is 25.7 Å². The van der Waals surface area contributed by atoms with Crippen LogP contribution in [-0.4, -0.2) is 25.0 Å². The van der Waals surface area contributed by atoms with E-state index in [9.17, 15) is 9.59 Å². The molecule has 112 valence electrons. The zero-order chi connectivity index (χ0) is 14.8. The molecule has 0 spiro atoms. The lowest BCUT2D eigenvalue weighted by Crippen LogP contribution is -2.30. The molecule has 2 atom stereocenters. The molecular weight excluding hydrogens is 268 g/mol. The first-order valence-corrected chi connectivity index (χ1v) is 7.53. The molecule has 2 aliphatic rings. The van der Waals surface area contributed by atoms with Gasteiger partial charge in [0.05, 0.1) is 17.5 Å². The Bertz CT molecular complexity index is 534. The summed E-state index contributed by atoms with van der Waals surface area (Å²) in [5, 5.41) is 0. The molecule has 2 fully saturated rings. The van der Waals surface area contributed by atoms with Crippen LogP contribution in [0.2, 0.25) is 0 Å². The van der Waals surface area contributed by atoms with Crippen molar-refractivity contribution in [3.8, 4) is 5.75 Å². The van der Waals surface area contributed by atoms with E-state index < -0.39 is 0 Å². The molecule has 0 aromatic heterocycles. The third-order valence-corrected chi connectivity index (χ3v) is 4.30. The van der Waals surface area contributed by atoms with Crippen LogP contribution in [-0.2, 0) is 9.59 Å². The van der Waals surface area contributed by atoms with E-state index in [1.54, 1.807) is 24.3 Å². The first-order chi connectivity index (χ1) is 10.2. The Hall–Kier alpha value is -1.88. The van der Waals surface area contributed by atoms with Gasteiger partial charge in [0.25, 0.3) is 0 Å². The zero-order valence-electron chi connectivity index (χ0n) is 12.0. The minimum Gasteiger partial charge on any atom is -0.492 e. The van der Waals surface area contributed by atoms with Crippen LogP contribution in [0.25, 0.3) is 0 Å². The number of ether oxygens (including phenoxy) is 1. The number of hydrogen-bond acceptors (Lipinski definition) is 4. The molecule has 3 rings (SSSR count). The highest BCUT2D eigenvalue weighted by Crippen LogP contribution is 2.40. The van der Waals surface area contributed by atoms with E-state index in [1.807, 2.05) is 0 Å². The highest BCUT2D eigenvalue weighted by Gasteiger charge is 2.48. The predicted molar refractivity (Wildman–Crippen MR) is 78.9 cm³/mol. The lowest BCUT2D eigenvalue weighted by Gasteiger charge is -2.19. The molecular formula is C16H20N2O3. The zero-order valence-corrected chi connectivity index (χ0v) is 12.0. The molecule has 1 heterocycles. The minimum absolute atomic E-state index is 0.0549. The number of carbonyl (C=O) groups excluding carboxylic acids is 2. The Morgan fingerprint density at radius 1 is 1.14 bits per heavy atom. The van der Waals surface area contributed by atoms with Gasteiger partial charge in [-0.15, -0.1) is 0 Å². The van der Waals surface area contributed by atoms with Crippen molar-refractivity contribution in [2.45, 2.75) is 25.7 Å². The number of nitrogens with two attached hydrogens (primary N) is 1. The molecule has 1 saturated carbocycles. The second-order valence-corrected chi connectivity index (χ2v) is 5.64. The fourth-order valence-electron chi connectivity index (χ4n) is 3.31. The van der Waals surface area contributed by atoms with Crippen LogP contribution in [0.4, 0.5) is 5.69 Å². The smallest absolute Gasteiger partial charge is 0.237 e. The van der Waals surface area contributed by atoms with E-state index in [0.29, 0.717) is 24.6 Å². The first kappa shape index (κ1) is 14.1. The maximum Gasteiger partial charge on any atom is 0.237 e. The minimum atomic E-state index is -0.125. The molecule has 2 unspecified atom stereocenters. The topological polar surface area (TPSA) is 72.6 Å². The van der Waals surface area contributed by atoms with E-state index in [1.165, 1.54) is 4.90 Å². The number of rotatable bonds is 4. The normalized spacial score (nSPS) is 25.1. The van der Waals surface area contributed by atoms with Gasteiger partial charge >= 0.3 is 0 Å². The second kappa shape index (κ2) is 5.85. The summed E-state index contributed by atoms with van der Waals surface area (Å²) in [7, 11) is 0. The average Bonchev–Trinajstić information content (AvgIpc) is 2.78. The molecule has 0 bridgehead atoms. The summed E-state index contributed by atoms with van der Waals surface area (Å²) in [6.07, 6.45) is 3.73. The fraction of sp³-hybridized carbons (Fsp3) is 0.500. The molecule has 21 heavy (non-hydrogen) atoms. The third kappa shape index (κ3) is 2.53. The van der Waals surface area contributed by atoms with Crippen molar-refractivity contribution < 1.29 is 14.3 Å². The van der Waals surface area contributed by atoms with Crippen LogP contribution in [0.5, 0.6) is 5.75 Å². The van der Waals surface area contributed by atoms with Gasteiger partial charge in [0.15, 0.2) is 0 Å². The molecule has 2 amide bonds. The maximum absolute atomic E-state index is 12.5. The number of anilines is 1. The predicted octanol–water partition coefficient (Wildman–Crippen LogP) is 1.70. The molecule has 1 aromatic carbocycles. The second-order valence-electron chi connectivity index (χ2n) is 5.64. The molecule has 1 aliphatic heterocycles. The monoisotopic (exact) mass is 288 g/mol. The van der Waals surface area contributed by atoms with Gasteiger partial charge in [0.2, 0.25) is 11.8 Å². The third-order valence-electron chi connectivity index (χ3n) is 4.30. The Kier molecular flexibility index (Phi) is 3.92. The van der Waals surface area contributed by atoms with Gasteiger partial charge in [-0.1, -0.05) is 18.9 Å². The van der Waals surface area contributed by atoms with Crippen molar-refractivity contribution >= 4 is 17.5 Å². The summed E-state index contributed by atoms with van der Waals surface area (Å²) in [5.74, 6) is 0.273. The van der Waals surface area contributed by atoms with Gasteiger partial charge in [-0.25, -0.2) is 4.90 Å². The van der Waals surface area contributed by atoms with E-state index in [2.05, 4.69) is 0 Å². The van der Waals surface area contributed by atoms with Gasteiger partial charge in [-0.05, 0) is 25.0 Å². The number of amides is 2. The van der Waals surface area contributed by atoms with E-state index in [4.69, 9.17) is 10.5 Å². The molecule has 1 aromatic rings. The van der Waals surface area contributed by atoms with Gasteiger partial charge in [-0.2, -0.15) is 0 Å². The summed E-state index contributed by atoms with van der Waals surface area (Å²) in [5.41, 5.74) is 6.02. The standard InChI is InChI=1S/C16H20N2O3/c17-8-9-21-12-5-3-4-11(10-12)18-15(19)13-6-1-2-7-14(13)16(18)20/h3-5,10,13-14H,1-2,6-9,17H2. The maximum atomic E-state index is 12.5. The molecule has 1 saturated heterocycles. The molecule has 1 aliphatic carbocycles. The quantitative estimate of drug-likeness (QED) is 0.856. The largest absolute Gasteiger partial charge is 0.492 e. The average molecular weight is 288 g/mol. The summed E-state index contributed by atoms with van der Waals surface area (Å²) >= 11 is 0. The lowest BCUT2D eigenvalue weighted by atomic mass is 9.81. The van der Waals surface area contributed by atoms with Gasteiger partial charge in [0.1, 0.15) is 12.4 Å². The van der Waals surface area contributed by atoms with Crippen molar-refractivity contribution in [2.24, 2.45) is 17.6 Å². The Labute approximate surface area is 124 Å². The Balaban J connectivity index is 1.86. The fourth-order valence-corrected chi connectivity index (χ4v) is 3.31. The molecule has 5 heteroatoms. The number of nitrogens with zero attached hydrogens (tertiary/aromatic N) is 1. The van der Waals surface area contributed by atoms with Gasteiger partial charge < -0.3 is 10.5 Å². The first-order valence-electron chi connectivity index (χ1n) is 7.53. The van der Waals surface area contributed by atoms with Crippen molar-refractivity contribution in [3.05, 3.63) is 24.3 Å². The Morgan fingerprint density at radius 2 is 1.81 bits per heavy atom. The van der Waals surface area contributed by atoms with Crippen LogP contribution >= 0.6 is 0 Å². The van der Waals surface area contributed by atoms with E-state index >= 15 is 0 Å². The number of fused-ring (bicyclic) bond motifs is 1. The van der Waals surface area contributed by atoms with Crippen LogP contribution in [0, 0.1) is 11.8 Å². The van der Waals surface area contributed by atoms with Crippen molar-refractivity contribution in [1.29, 1.82) is 0 Å². The summed E-state index contributed by atoms with van der Waals surface area (Å²) in [4.78, 5) is 26.4. The van der Waals surface area contributed by atoms with Gasteiger partial charge in [0, 0.05) is 12.6 Å². The van der Waals surface area contributed by atoms with Crippen LogP contribution in [0.15, 0.2) is 24.3 Å². The molecule has 2 N–H and O–H groups in total. The van der Waals surface area contributed by atoms with Crippen LogP contribution in [0.3, 0.4) is 0 Å². The summed E-state index contributed by atoms with van der Waals surface area (Å²) < 4.78 is 5.47. The number of carbonyl (C=O) groups is 2. The van der Waals surface area contributed by atoms with Crippen molar-refractivity contribution in [1.82, 2.24) is 0 Å². The number of imide groups is 1. The van der Waals surface area contributed by atoms with E-state index in [-0.39, 0.29) is 23.7 Å². The van der Waals surface area contributed by atoms with Crippen LogP contribution < -0.4 is 15.4 Å². The van der Waals surface area contributed by atoms with Crippen molar-refractivity contribution in [2.75, 3.05) is 18.1 Å². The lowest BCUT2D eigenvalue weighted by molar-refractivity contribution is -0.122. The summed E-state index contributed by atoms with van der Waals surface area (Å²) in [6, 6.07) is 7.12. The highest BCUT2D eigenvalue weighted by molar-refractivity contribution is 6.22. The molecule has 5 nitrogen and oxygen atoms in total. The number of hydrogen-bond donors (Lipinski definition) is 1.